The average Bonchev–Trinajstić information content (AvgIpc) is 3.06. The van der Waals surface area contributed by atoms with Gasteiger partial charge in [-0.2, -0.15) is 0 Å². The van der Waals surface area contributed by atoms with Gasteiger partial charge in [-0.25, -0.2) is 4.90 Å². The van der Waals surface area contributed by atoms with Crippen LogP contribution in [0.5, 0.6) is 5.75 Å². The molecule has 0 aliphatic carbocycles. The van der Waals surface area contributed by atoms with Gasteiger partial charge in [0.25, 0.3) is 11.8 Å². The molecule has 0 bridgehead atoms. The lowest BCUT2D eigenvalue weighted by Crippen LogP contribution is -2.32. The predicted octanol–water partition coefficient (Wildman–Crippen LogP) is 6.22. The van der Waals surface area contributed by atoms with Gasteiger partial charge in [-0.15, -0.1) is 0 Å². The molecular formula is C29H30N2O3. The summed E-state index contributed by atoms with van der Waals surface area (Å²) in [5.41, 5.74) is 5.85. The molecule has 4 rings (SSSR count). The van der Waals surface area contributed by atoms with E-state index in [2.05, 4.69) is 19.2 Å². The number of anilines is 2. The zero-order valence-electron chi connectivity index (χ0n) is 20.3. The first-order valence-electron chi connectivity index (χ1n) is 11.6. The zero-order chi connectivity index (χ0) is 24.4. The van der Waals surface area contributed by atoms with Crippen molar-refractivity contribution in [3.8, 4) is 5.75 Å². The molecule has 0 atom stereocenters. The number of nitrogens with one attached hydrogen (secondary N) is 1. The topological polar surface area (TPSA) is 58.6 Å². The minimum atomic E-state index is -0.368. The Balaban J connectivity index is 1.79. The van der Waals surface area contributed by atoms with E-state index in [1.807, 2.05) is 87.5 Å². The smallest absolute Gasteiger partial charge is 0.282 e. The number of amides is 2. The molecule has 0 unspecified atom stereocenters. The largest absolute Gasteiger partial charge is 0.494 e. The molecule has 1 aliphatic rings. The number of carbonyl (C=O) groups excluding carboxylic acids is 2. The van der Waals surface area contributed by atoms with E-state index in [-0.39, 0.29) is 17.5 Å². The fraction of sp³-hybridized carbons (Fsp3) is 0.241. The molecule has 0 spiro atoms. The van der Waals surface area contributed by atoms with Gasteiger partial charge in [0.1, 0.15) is 11.4 Å². The van der Waals surface area contributed by atoms with Crippen molar-refractivity contribution < 1.29 is 14.3 Å². The molecule has 0 saturated heterocycles. The highest BCUT2D eigenvalue weighted by Gasteiger charge is 2.40. The lowest BCUT2D eigenvalue weighted by Gasteiger charge is -2.17. The zero-order valence-corrected chi connectivity index (χ0v) is 20.3. The molecule has 0 aromatic heterocycles. The maximum absolute atomic E-state index is 13.7. The van der Waals surface area contributed by atoms with Gasteiger partial charge in [-0.05, 0) is 79.3 Å². The van der Waals surface area contributed by atoms with Crippen LogP contribution in [0.3, 0.4) is 0 Å². The highest BCUT2D eigenvalue weighted by Crippen LogP contribution is 2.35. The van der Waals surface area contributed by atoms with E-state index >= 15 is 0 Å². The number of hydrogen-bond acceptors (Lipinski definition) is 4. The molecule has 3 aromatic rings. The summed E-state index contributed by atoms with van der Waals surface area (Å²) >= 11 is 0. The number of carbonyl (C=O) groups is 2. The van der Waals surface area contributed by atoms with Crippen LogP contribution in [0.25, 0.3) is 5.57 Å². The molecular weight excluding hydrogens is 424 g/mol. The fourth-order valence-corrected chi connectivity index (χ4v) is 4.05. The Morgan fingerprint density at radius 3 is 2.18 bits per heavy atom. The Morgan fingerprint density at radius 2 is 1.56 bits per heavy atom. The summed E-state index contributed by atoms with van der Waals surface area (Å²) in [6.07, 6.45) is 0. The van der Waals surface area contributed by atoms with Crippen molar-refractivity contribution in [2.45, 2.75) is 40.5 Å². The Bertz CT molecular complexity index is 1260. The van der Waals surface area contributed by atoms with Gasteiger partial charge < -0.3 is 10.1 Å². The fourth-order valence-electron chi connectivity index (χ4n) is 4.05. The Labute approximate surface area is 201 Å². The van der Waals surface area contributed by atoms with Crippen LogP contribution in [-0.4, -0.2) is 18.4 Å². The highest BCUT2D eigenvalue weighted by molar-refractivity contribution is 6.46. The van der Waals surface area contributed by atoms with Crippen LogP contribution in [0.15, 0.2) is 72.4 Å². The number of ether oxygens (including phenoxy) is 1. The van der Waals surface area contributed by atoms with Crippen molar-refractivity contribution in [2.75, 3.05) is 16.8 Å². The third-order valence-corrected chi connectivity index (χ3v) is 6.01. The van der Waals surface area contributed by atoms with E-state index in [0.717, 1.165) is 22.4 Å². The molecule has 0 fully saturated rings. The molecule has 1 aliphatic heterocycles. The summed E-state index contributed by atoms with van der Waals surface area (Å²) in [4.78, 5) is 28.6. The van der Waals surface area contributed by atoms with Crippen molar-refractivity contribution in [3.63, 3.8) is 0 Å². The highest BCUT2D eigenvalue weighted by atomic mass is 16.5. The van der Waals surface area contributed by atoms with Crippen molar-refractivity contribution in [1.29, 1.82) is 0 Å². The number of hydrogen-bond donors (Lipinski definition) is 1. The third-order valence-electron chi connectivity index (χ3n) is 6.01. The number of aryl methyl sites for hydroxylation is 2. The summed E-state index contributed by atoms with van der Waals surface area (Å²) < 4.78 is 5.55. The van der Waals surface area contributed by atoms with Gasteiger partial charge in [0.15, 0.2) is 0 Å². The van der Waals surface area contributed by atoms with Crippen LogP contribution in [-0.2, 0) is 9.59 Å². The van der Waals surface area contributed by atoms with Gasteiger partial charge in [0, 0.05) is 5.69 Å². The molecule has 3 aromatic carbocycles. The van der Waals surface area contributed by atoms with Crippen LogP contribution in [0.4, 0.5) is 11.4 Å². The van der Waals surface area contributed by atoms with E-state index in [1.165, 1.54) is 4.90 Å². The summed E-state index contributed by atoms with van der Waals surface area (Å²) in [5.74, 6) is 0.359. The van der Waals surface area contributed by atoms with E-state index in [0.29, 0.717) is 35.1 Å². The van der Waals surface area contributed by atoms with Gasteiger partial charge in [0.05, 0.1) is 17.9 Å². The first-order chi connectivity index (χ1) is 16.3. The van der Waals surface area contributed by atoms with Crippen LogP contribution < -0.4 is 15.0 Å². The van der Waals surface area contributed by atoms with Crippen molar-refractivity contribution in [2.24, 2.45) is 0 Å². The lowest BCUT2D eigenvalue weighted by atomic mass is 10.0. The molecule has 34 heavy (non-hydrogen) atoms. The van der Waals surface area contributed by atoms with E-state index in [9.17, 15) is 9.59 Å². The second kappa shape index (κ2) is 9.56. The summed E-state index contributed by atoms with van der Waals surface area (Å²) in [5, 5.41) is 3.28. The number of benzene rings is 3. The van der Waals surface area contributed by atoms with E-state index in [4.69, 9.17) is 4.74 Å². The molecule has 0 radical (unpaired) electrons. The normalized spacial score (nSPS) is 13.8. The van der Waals surface area contributed by atoms with Gasteiger partial charge in [-0.3, -0.25) is 9.59 Å². The number of rotatable bonds is 7. The molecule has 0 saturated carbocycles. The Hall–Kier alpha value is -3.86. The quantitative estimate of drug-likeness (QED) is 0.431. The molecule has 5 nitrogen and oxygen atoms in total. The van der Waals surface area contributed by atoms with Gasteiger partial charge in [-0.1, -0.05) is 50.2 Å². The third kappa shape index (κ3) is 4.46. The number of imide groups is 1. The average molecular weight is 455 g/mol. The summed E-state index contributed by atoms with van der Waals surface area (Å²) in [6, 6.07) is 20.9. The monoisotopic (exact) mass is 454 g/mol. The first-order valence-corrected chi connectivity index (χ1v) is 11.6. The molecule has 2 amide bonds. The minimum absolute atomic E-state index is 0.274. The van der Waals surface area contributed by atoms with Gasteiger partial charge in [0.2, 0.25) is 0 Å². The SMILES string of the molecule is CCOc1ccc(C2=C(Nc3cc(C)ccc3C)C(=O)N(c3ccc(C(C)C)cc3)C2=O)cc1. The minimum Gasteiger partial charge on any atom is -0.494 e. The first kappa shape index (κ1) is 23.3. The standard InChI is InChI=1S/C29H30N2O3/c1-6-34-24-15-11-22(12-16-24)26-27(30-25-17-19(4)7-8-20(25)5)29(33)31(28(26)32)23-13-9-21(10-14-23)18(2)3/h7-18,30H,6H2,1-5H3. The van der Waals surface area contributed by atoms with E-state index in [1.54, 1.807) is 0 Å². The van der Waals surface area contributed by atoms with Crippen LogP contribution in [0, 0.1) is 13.8 Å². The summed E-state index contributed by atoms with van der Waals surface area (Å²) in [7, 11) is 0. The van der Waals surface area contributed by atoms with Crippen LogP contribution >= 0.6 is 0 Å². The van der Waals surface area contributed by atoms with Crippen molar-refractivity contribution >= 4 is 28.8 Å². The molecule has 174 valence electrons. The Kier molecular flexibility index (Phi) is 6.55. The van der Waals surface area contributed by atoms with E-state index < -0.39 is 0 Å². The summed E-state index contributed by atoms with van der Waals surface area (Å²) in [6.45, 7) is 10.7. The van der Waals surface area contributed by atoms with Crippen LogP contribution in [0.2, 0.25) is 0 Å². The second-order valence-corrected chi connectivity index (χ2v) is 8.84. The Morgan fingerprint density at radius 1 is 0.882 bits per heavy atom. The molecule has 1 heterocycles. The maximum atomic E-state index is 13.7. The van der Waals surface area contributed by atoms with Gasteiger partial charge >= 0.3 is 0 Å². The maximum Gasteiger partial charge on any atom is 0.282 e. The van der Waals surface area contributed by atoms with Crippen LogP contribution in [0.1, 0.15) is 48.9 Å². The predicted molar refractivity (Wildman–Crippen MR) is 137 cm³/mol. The number of nitrogens with zero attached hydrogens (tertiary/aromatic N) is 1. The van der Waals surface area contributed by atoms with Crippen molar-refractivity contribution in [1.82, 2.24) is 0 Å². The molecule has 5 heteroatoms. The van der Waals surface area contributed by atoms with Crippen molar-refractivity contribution in [3.05, 3.63) is 94.7 Å². The lowest BCUT2D eigenvalue weighted by molar-refractivity contribution is -0.120. The second-order valence-electron chi connectivity index (χ2n) is 8.84. The molecule has 1 N–H and O–H groups in total.